The van der Waals surface area contributed by atoms with E-state index in [2.05, 4.69) is 10.3 Å². The third-order valence-corrected chi connectivity index (χ3v) is 5.62. The van der Waals surface area contributed by atoms with Crippen LogP contribution in [0, 0.1) is 0 Å². The molecule has 0 aromatic heterocycles. The SMILES string of the molecule is NC(N)=NCCC[C@H](NC(=O)[C@@H](N)Cc1ccc(-c2ccccc2)cc1)C(=O)OCc1ccccc1. The fraction of sp³-hybridized carbons (Fsp3) is 0.250. The molecule has 2 atom stereocenters. The highest BCUT2D eigenvalue weighted by molar-refractivity contribution is 5.87. The van der Waals surface area contributed by atoms with E-state index in [-0.39, 0.29) is 12.6 Å². The standard InChI is InChI=1S/C28H33N5O3/c29-24(18-20-13-15-23(16-14-20)22-10-5-2-6-11-22)26(34)33-25(12-7-17-32-28(30)31)27(35)36-19-21-8-3-1-4-9-21/h1-6,8-11,13-16,24-25H,7,12,17-19,29H2,(H,33,34)(H4,30,31,32)/t24-,25-/m0/s1. The second-order valence-corrected chi connectivity index (χ2v) is 8.48. The molecule has 188 valence electrons. The molecule has 8 nitrogen and oxygen atoms in total. The molecule has 0 aliphatic rings. The summed E-state index contributed by atoms with van der Waals surface area (Å²) in [7, 11) is 0. The summed E-state index contributed by atoms with van der Waals surface area (Å²) in [6.07, 6.45) is 1.13. The fourth-order valence-corrected chi connectivity index (χ4v) is 3.67. The number of benzene rings is 3. The lowest BCUT2D eigenvalue weighted by Crippen LogP contribution is -2.49. The van der Waals surface area contributed by atoms with Crippen LogP contribution in [0.5, 0.6) is 0 Å². The molecule has 8 heteroatoms. The molecular weight excluding hydrogens is 454 g/mol. The highest BCUT2D eigenvalue weighted by atomic mass is 16.5. The molecule has 0 fully saturated rings. The van der Waals surface area contributed by atoms with E-state index in [1.807, 2.05) is 84.9 Å². The molecule has 0 saturated carbocycles. The highest BCUT2D eigenvalue weighted by Crippen LogP contribution is 2.19. The number of esters is 1. The van der Waals surface area contributed by atoms with E-state index in [1.165, 1.54) is 0 Å². The predicted molar refractivity (Wildman–Crippen MR) is 142 cm³/mol. The Hall–Kier alpha value is -4.17. The van der Waals surface area contributed by atoms with Crippen LogP contribution in [0.4, 0.5) is 0 Å². The monoisotopic (exact) mass is 487 g/mol. The lowest BCUT2D eigenvalue weighted by Gasteiger charge is -2.20. The van der Waals surface area contributed by atoms with Gasteiger partial charge in [-0.3, -0.25) is 9.79 Å². The van der Waals surface area contributed by atoms with Crippen LogP contribution in [0.1, 0.15) is 24.0 Å². The van der Waals surface area contributed by atoms with E-state index in [0.29, 0.717) is 25.8 Å². The Morgan fingerprint density at radius 3 is 2.08 bits per heavy atom. The molecule has 0 aliphatic carbocycles. The van der Waals surface area contributed by atoms with Crippen molar-refractivity contribution in [2.75, 3.05) is 6.54 Å². The van der Waals surface area contributed by atoms with Crippen molar-refractivity contribution < 1.29 is 14.3 Å². The fourth-order valence-electron chi connectivity index (χ4n) is 3.67. The molecule has 0 radical (unpaired) electrons. The summed E-state index contributed by atoms with van der Waals surface area (Å²) in [4.78, 5) is 29.6. The number of hydrogen-bond acceptors (Lipinski definition) is 5. The van der Waals surface area contributed by atoms with Gasteiger partial charge in [0.2, 0.25) is 5.91 Å². The molecular formula is C28H33N5O3. The van der Waals surface area contributed by atoms with E-state index in [0.717, 1.165) is 22.3 Å². The van der Waals surface area contributed by atoms with Crippen LogP contribution in [0.3, 0.4) is 0 Å². The number of nitrogens with two attached hydrogens (primary N) is 3. The summed E-state index contributed by atoms with van der Waals surface area (Å²) in [5.41, 5.74) is 20.9. The quantitative estimate of drug-likeness (QED) is 0.134. The Bertz CT molecular complexity index is 1130. The van der Waals surface area contributed by atoms with Crippen LogP contribution in [0.25, 0.3) is 11.1 Å². The van der Waals surface area contributed by atoms with Crippen LogP contribution >= 0.6 is 0 Å². The lowest BCUT2D eigenvalue weighted by atomic mass is 10.0. The van der Waals surface area contributed by atoms with Crippen LogP contribution in [-0.2, 0) is 27.4 Å². The summed E-state index contributed by atoms with van der Waals surface area (Å²) in [6.45, 7) is 0.445. The van der Waals surface area contributed by atoms with Gasteiger partial charge in [0.05, 0.1) is 6.04 Å². The van der Waals surface area contributed by atoms with E-state index in [1.54, 1.807) is 0 Å². The van der Waals surface area contributed by atoms with Crippen LogP contribution in [0.2, 0.25) is 0 Å². The first-order chi connectivity index (χ1) is 17.4. The number of nitrogens with one attached hydrogen (secondary N) is 1. The molecule has 1 amide bonds. The average Bonchev–Trinajstić information content (AvgIpc) is 2.90. The first-order valence-electron chi connectivity index (χ1n) is 11.9. The minimum absolute atomic E-state index is 0.0254. The number of nitrogens with zero attached hydrogens (tertiary/aromatic N) is 1. The van der Waals surface area contributed by atoms with Crippen molar-refractivity contribution >= 4 is 17.8 Å². The van der Waals surface area contributed by atoms with Crippen LogP contribution < -0.4 is 22.5 Å². The lowest BCUT2D eigenvalue weighted by molar-refractivity contribution is -0.149. The molecule has 0 bridgehead atoms. The third kappa shape index (κ3) is 8.56. The van der Waals surface area contributed by atoms with Crippen molar-refractivity contribution in [3.8, 4) is 11.1 Å². The molecule has 3 rings (SSSR count). The van der Waals surface area contributed by atoms with Gasteiger partial charge in [-0.05, 0) is 41.5 Å². The van der Waals surface area contributed by atoms with Gasteiger partial charge in [0, 0.05) is 6.54 Å². The normalized spacial score (nSPS) is 12.2. The number of carbonyl (C=O) groups is 2. The van der Waals surface area contributed by atoms with Gasteiger partial charge in [0.15, 0.2) is 5.96 Å². The minimum Gasteiger partial charge on any atom is -0.459 e. The maximum Gasteiger partial charge on any atom is 0.328 e. The largest absolute Gasteiger partial charge is 0.459 e. The van der Waals surface area contributed by atoms with Crippen molar-refractivity contribution in [3.63, 3.8) is 0 Å². The summed E-state index contributed by atoms with van der Waals surface area (Å²) in [6, 6.07) is 25.6. The second-order valence-electron chi connectivity index (χ2n) is 8.48. The molecule has 7 N–H and O–H groups in total. The maximum atomic E-state index is 12.9. The van der Waals surface area contributed by atoms with Gasteiger partial charge >= 0.3 is 5.97 Å². The molecule has 0 spiro atoms. The van der Waals surface area contributed by atoms with E-state index < -0.39 is 24.0 Å². The minimum atomic E-state index is -0.859. The Kier molecular flexibility index (Phi) is 10.0. The van der Waals surface area contributed by atoms with Gasteiger partial charge in [-0.1, -0.05) is 84.9 Å². The zero-order valence-corrected chi connectivity index (χ0v) is 20.2. The number of ether oxygens (including phenoxy) is 1. The number of carbonyl (C=O) groups excluding carboxylic acids is 2. The van der Waals surface area contributed by atoms with Gasteiger partial charge < -0.3 is 27.3 Å². The number of rotatable bonds is 12. The molecule has 3 aromatic rings. The Balaban J connectivity index is 1.58. The zero-order valence-electron chi connectivity index (χ0n) is 20.2. The maximum absolute atomic E-state index is 12.9. The molecule has 0 unspecified atom stereocenters. The van der Waals surface area contributed by atoms with Crippen molar-refractivity contribution in [2.24, 2.45) is 22.2 Å². The predicted octanol–water partition coefficient (Wildman–Crippen LogP) is 2.51. The summed E-state index contributed by atoms with van der Waals surface area (Å²) in [5, 5.41) is 2.75. The zero-order chi connectivity index (χ0) is 25.8. The van der Waals surface area contributed by atoms with Crippen molar-refractivity contribution in [2.45, 2.75) is 38.0 Å². The topological polar surface area (TPSA) is 146 Å². The molecule has 36 heavy (non-hydrogen) atoms. The highest BCUT2D eigenvalue weighted by Gasteiger charge is 2.25. The number of guanidine groups is 1. The summed E-state index contributed by atoms with van der Waals surface area (Å²) < 4.78 is 5.44. The van der Waals surface area contributed by atoms with Gasteiger partial charge in [-0.15, -0.1) is 0 Å². The molecule has 0 saturated heterocycles. The van der Waals surface area contributed by atoms with E-state index >= 15 is 0 Å². The van der Waals surface area contributed by atoms with Crippen LogP contribution in [0.15, 0.2) is 89.9 Å². The van der Waals surface area contributed by atoms with E-state index in [9.17, 15) is 9.59 Å². The molecule has 0 aliphatic heterocycles. The van der Waals surface area contributed by atoms with Crippen molar-refractivity contribution in [3.05, 3.63) is 96.1 Å². The number of amides is 1. The second kappa shape index (κ2) is 13.7. The Labute approximate surface area is 211 Å². The Morgan fingerprint density at radius 2 is 1.44 bits per heavy atom. The third-order valence-electron chi connectivity index (χ3n) is 5.62. The molecule has 0 heterocycles. The van der Waals surface area contributed by atoms with Crippen molar-refractivity contribution in [1.29, 1.82) is 0 Å². The van der Waals surface area contributed by atoms with Crippen molar-refractivity contribution in [1.82, 2.24) is 5.32 Å². The van der Waals surface area contributed by atoms with Gasteiger partial charge in [-0.25, -0.2) is 4.79 Å². The average molecular weight is 488 g/mol. The van der Waals surface area contributed by atoms with Gasteiger partial charge in [0.25, 0.3) is 0 Å². The van der Waals surface area contributed by atoms with Gasteiger partial charge in [-0.2, -0.15) is 0 Å². The van der Waals surface area contributed by atoms with Gasteiger partial charge in [0.1, 0.15) is 12.6 Å². The summed E-state index contributed by atoms with van der Waals surface area (Å²) in [5.74, 6) is -0.982. The number of hydrogen-bond donors (Lipinski definition) is 4. The Morgan fingerprint density at radius 1 is 0.833 bits per heavy atom. The smallest absolute Gasteiger partial charge is 0.328 e. The van der Waals surface area contributed by atoms with Crippen LogP contribution in [-0.4, -0.2) is 36.5 Å². The summed E-state index contributed by atoms with van der Waals surface area (Å²) >= 11 is 0. The number of aliphatic imine (C=N–C) groups is 1. The first kappa shape index (κ1) is 26.4. The molecule has 3 aromatic carbocycles. The van der Waals surface area contributed by atoms with E-state index in [4.69, 9.17) is 21.9 Å². The first-order valence-corrected chi connectivity index (χ1v) is 11.9.